The first-order valence-electron chi connectivity index (χ1n) is 5.51. The summed E-state index contributed by atoms with van der Waals surface area (Å²) in [6, 6.07) is 2.16. The van der Waals surface area contributed by atoms with Crippen LogP contribution in [0.1, 0.15) is 30.5 Å². The van der Waals surface area contributed by atoms with Gasteiger partial charge in [-0.25, -0.2) is 4.98 Å². The van der Waals surface area contributed by atoms with E-state index in [4.69, 9.17) is 10.5 Å². The summed E-state index contributed by atoms with van der Waals surface area (Å²) >= 11 is 0. The van der Waals surface area contributed by atoms with E-state index < -0.39 is 0 Å². The second-order valence-corrected chi connectivity index (χ2v) is 4.05. The van der Waals surface area contributed by atoms with Gasteiger partial charge >= 0.3 is 0 Å². The monoisotopic (exact) mass is 223 g/mol. The number of hydrogen-bond acceptors (Lipinski definition) is 4. The molecule has 0 aromatic carbocycles. The van der Waals surface area contributed by atoms with E-state index in [1.807, 2.05) is 20.0 Å². The molecule has 1 heterocycles. The van der Waals surface area contributed by atoms with Crippen molar-refractivity contribution in [1.82, 2.24) is 10.3 Å². The summed E-state index contributed by atoms with van der Waals surface area (Å²) in [4.78, 5) is 4.14. The molecule has 1 aromatic rings. The van der Waals surface area contributed by atoms with E-state index in [-0.39, 0.29) is 12.1 Å². The number of nitrogens with zero attached hydrogens (tertiary/aromatic N) is 1. The number of aromatic nitrogens is 1. The molecule has 3 N–H and O–H groups in total. The number of ether oxygens (including phenoxy) is 1. The highest BCUT2D eigenvalue weighted by Crippen LogP contribution is 2.26. The molecule has 0 saturated heterocycles. The largest absolute Gasteiger partial charge is 0.383 e. The third kappa shape index (κ3) is 2.93. The molecule has 0 radical (unpaired) electrons. The molecule has 0 spiro atoms. The normalized spacial score (nSPS) is 14.8. The fourth-order valence-electron chi connectivity index (χ4n) is 1.85. The lowest BCUT2D eigenvalue weighted by molar-refractivity contribution is 0.101. The maximum Gasteiger partial charge on any atom is 0.128 e. The zero-order valence-electron chi connectivity index (χ0n) is 10.4. The average Bonchev–Trinajstić information content (AvgIpc) is 2.27. The van der Waals surface area contributed by atoms with Crippen LogP contribution in [0, 0.1) is 6.92 Å². The summed E-state index contributed by atoms with van der Waals surface area (Å²) < 4.78 is 5.28. The van der Waals surface area contributed by atoms with Gasteiger partial charge < -0.3 is 15.8 Å². The van der Waals surface area contributed by atoms with Crippen LogP contribution in [0.5, 0.6) is 0 Å². The van der Waals surface area contributed by atoms with Crippen LogP contribution in [0.4, 0.5) is 5.82 Å². The van der Waals surface area contributed by atoms with E-state index in [0.717, 1.165) is 17.5 Å². The van der Waals surface area contributed by atoms with Gasteiger partial charge in [0.25, 0.3) is 0 Å². The zero-order chi connectivity index (χ0) is 12.1. The quantitative estimate of drug-likeness (QED) is 0.797. The summed E-state index contributed by atoms with van der Waals surface area (Å²) in [5.74, 6) is 0.600. The predicted molar refractivity (Wildman–Crippen MR) is 66.3 cm³/mol. The van der Waals surface area contributed by atoms with Gasteiger partial charge in [0.2, 0.25) is 0 Å². The molecule has 0 aliphatic rings. The van der Waals surface area contributed by atoms with Crippen molar-refractivity contribution in [2.45, 2.75) is 32.4 Å². The minimum atomic E-state index is 0.184. The number of methoxy groups -OCH3 is 1. The van der Waals surface area contributed by atoms with Crippen LogP contribution in [-0.4, -0.2) is 25.2 Å². The van der Waals surface area contributed by atoms with E-state index in [9.17, 15) is 0 Å². The highest BCUT2D eigenvalue weighted by molar-refractivity contribution is 5.46. The van der Waals surface area contributed by atoms with Crippen molar-refractivity contribution in [3.8, 4) is 0 Å². The molecule has 90 valence electrons. The molecule has 0 bridgehead atoms. The van der Waals surface area contributed by atoms with Crippen molar-refractivity contribution < 1.29 is 4.74 Å². The molecular weight excluding hydrogens is 202 g/mol. The third-order valence-electron chi connectivity index (χ3n) is 2.91. The SMILES string of the molecule is CNC(CC(C)OC)c1c(C)ccnc1N. The van der Waals surface area contributed by atoms with Crippen molar-refractivity contribution in [3.05, 3.63) is 23.4 Å². The van der Waals surface area contributed by atoms with Gasteiger partial charge in [0.1, 0.15) is 5.82 Å². The molecule has 0 aliphatic heterocycles. The molecule has 0 saturated carbocycles. The van der Waals surface area contributed by atoms with E-state index >= 15 is 0 Å². The lowest BCUT2D eigenvalue weighted by atomic mass is 9.98. The van der Waals surface area contributed by atoms with Gasteiger partial charge in [0.05, 0.1) is 6.10 Å². The smallest absolute Gasteiger partial charge is 0.128 e. The van der Waals surface area contributed by atoms with Crippen molar-refractivity contribution in [3.63, 3.8) is 0 Å². The van der Waals surface area contributed by atoms with E-state index in [1.54, 1.807) is 13.3 Å². The van der Waals surface area contributed by atoms with E-state index in [2.05, 4.69) is 17.2 Å². The first-order valence-corrected chi connectivity index (χ1v) is 5.51. The lowest BCUT2D eigenvalue weighted by Crippen LogP contribution is -2.24. The molecule has 2 atom stereocenters. The van der Waals surface area contributed by atoms with Gasteiger partial charge in [0, 0.05) is 24.9 Å². The zero-order valence-corrected chi connectivity index (χ0v) is 10.4. The summed E-state index contributed by atoms with van der Waals surface area (Å²) in [5.41, 5.74) is 8.16. The first-order chi connectivity index (χ1) is 7.60. The van der Waals surface area contributed by atoms with Crippen molar-refractivity contribution in [1.29, 1.82) is 0 Å². The van der Waals surface area contributed by atoms with Crippen molar-refractivity contribution in [2.75, 3.05) is 19.9 Å². The van der Waals surface area contributed by atoms with Gasteiger partial charge in [-0.1, -0.05) is 0 Å². The molecule has 1 rings (SSSR count). The van der Waals surface area contributed by atoms with Gasteiger partial charge in [-0.2, -0.15) is 0 Å². The minimum Gasteiger partial charge on any atom is -0.383 e. The Bertz CT molecular complexity index is 321. The Morgan fingerprint density at radius 1 is 1.56 bits per heavy atom. The Balaban J connectivity index is 2.94. The molecule has 16 heavy (non-hydrogen) atoms. The van der Waals surface area contributed by atoms with Crippen LogP contribution >= 0.6 is 0 Å². The standard InChI is InChI=1S/C12H21N3O/c1-8-5-6-15-12(13)11(8)10(14-3)7-9(2)16-4/h5-6,9-10,14H,7H2,1-4H3,(H2,13,15). The number of anilines is 1. The Hall–Kier alpha value is -1.13. The predicted octanol–water partition coefficient (Wildman–Crippen LogP) is 1.66. The second-order valence-electron chi connectivity index (χ2n) is 4.05. The summed E-state index contributed by atoms with van der Waals surface area (Å²) in [7, 11) is 3.65. The van der Waals surface area contributed by atoms with Crippen LogP contribution in [-0.2, 0) is 4.74 Å². The molecule has 0 amide bonds. The average molecular weight is 223 g/mol. The molecule has 0 fully saturated rings. The number of hydrogen-bond donors (Lipinski definition) is 2. The molecule has 4 heteroatoms. The van der Waals surface area contributed by atoms with Crippen LogP contribution < -0.4 is 11.1 Å². The topological polar surface area (TPSA) is 60.2 Å². The number of nitrogens with one attached hydrogen (secondary N) is 1. The van der Waals surface area contributed by atoms with Crippen molar-refractivity contribution in [2.24, 2.45) is 0 Å². The Kier molecular flexibility index (Phi) is 4.71. The Morgan fingerprint density at radius 3 is 2.75 bits per heavy atom. The first kappa shape index (κ1) is 12.9. The highest BCUT2D eigenvalue weighted by Gasteiger charge is 2.18. The van der Waals surface area contributed by atoms with E-state index in [0.29, 0.717) is 5.82 Å². The highest BCUT2D eigenvalue weighted by atomic mass is 16.5. The molecule has 1 aromatic heterocycles. The fraction of sp³-hybridized carbons (Fsp3) is 0.583. The summed E-state index contributed by atoms with van der Waals surface area (Å²) in [5, 5.41) is 3.27. The van der Waals surface area contributed by atoms with Crippen LogP contribution in [0.3, 0.4) is 0 Å². The summed E-state index contributed by atoms with van der Waals surface area (Å²) in [6.07, 6.45) is 2.81. The number of pyridine rings is 1. The van der Waals surface area contributed by atoms with Gasteiger partial charge in [-0.05, 0) is 38.9 Å². The summed E-state index contributed by atoms with van der Waals surface area (Å²) in [6.45, 7) is 4.10. The van der Waals surface area contributed by atoms with E-state index in [1.165, 1.54) is 0 Å². The molecule has 0 aliphatic carbocycles. The maximum atomic E-state index is 5.92. The van der Waals surface area contributed by atoms with Crippen LogP contribution in [0.2, 0.25) is 0 Å². The molecule has 2 unspecified atom stereocenters. The Labute approximate surface area is 97.2 Å². The Morgan fingerprint density at radius 2 is 2.25 bits per heavy atom. The number of aryl methyl sites for hydroxylation is 1. The van der Waals surface area contributed by atoms with Gasteiger partial charge in [-0.15, -0.1) is 0 Å². The van der Waals surface area contributed by atoms with Crippen LogP contribution in [0.25, 0.3) is 0 Å². The second kappa shape index (κ2) is 5.82. The van der Waals surface area contributed by atoms with Gasteiger partial charge in [0.15, 0.2) is 0 Å². The minimum absolute atomic E-state index is 0.184. The van der Waals surface area contributed by atoms with Crippen molar-refractivity contribution >= 4 is 5.82 Å². The molecular formula is C12H21N3O. The number of nitrogens with two attached hydrogens (primary N) is 1. The molecule has 4 nitrogen and oxygen atoms in total. The third-order valence-corrected chi connectivity index (χ3v) is 2.91. The number of rotatable bonds is 5. The maximum absolute atomic E-state index is 5.92. The lowest BCUT2D eigenvalue weighted by Gasteiger charge is -2.22. The van der Waals surface area contributed by atoms with Crippen LogP contribution in [0.15, 0.2) is 12.3 Å². The van der Waals surface area contributed by atoms with Gasteiger partial charge in [-0.3, -0.25) is 0 Å². The number of nitrogen functional groups attached to an aromatic ring is 1. The fourth-order valence-corrected chi connectivity index (χ4v) is 1.85.